The Morgan fingerprint density at radius 2 is 2.35 bits per heavy atom. The molecule has 0 fully saturated rings. The third-order valence-corrected chi connectivity index (χ3v) is 3.20. The summed E-state index contributed by atoms with van der Waals surface area (Å²) in [6, 6.07) is 5.77. The zero-order valence-corrected chi connectivity index (χ0v) is 9.58. The molecule has 0 aromatic carbocycles. The summed E-state index contributed by atoms with van der Waals surface area (Å²) in [7, 11) is 0. The van der Waals surface area contributed by atoms with Crippen molar-refractivity contribution in [3.05, 3.63) is 30.2 Å². The lowest BCUT2D eigenvalue weighted by Crippen LogP contribution is -2.25. The van der Waals surface area contributed by atoms with Gasteiger partial charge in [0.2, 0.25) is 0 Å². The van der Waals surface area contributed by atoms with E-state index < -0.39 is 0 Å². The highest BCUT2D eigenvalue weighted by Crippen LogP contribution is 2.20. The zero-order valence-electron chi connectivity index (χ0n) is 9.58. The van der Waals surface area contributed by atoms with Crippen LogP contribution in [-0.4, -0.2) is 26.3 Å². The van der Waals surface area contributed by atoms with E-state index in [-0.39, 0.29) is 0 Å². The molecule has 1 aliphatic rings. The first-order valence-electron chi connectivity index (χ1n) is 5.92. The average Bonchev–Trinajstić information content (AvgIpc) is 2.82. The molecule has 17 heavy (non-hydrogen) atoms. The van der Waals surface area contributed by atoms with Gasteiger partial charge in [0.1, 0.15) is 11.5 Å². The molecule has 5 heteroatoms. The Hall–Kier alpha value is -1.75. The second kappa shape index (κ2) is 4.25. The molecule has 0 aliphatic carbocycles. The summed E-state index contributed by atoms with van der Waals surface area (Å²) in [5.41, 5.74) is 6.54. The summed E-state index contributed by atoms with van der Waals surface area (Å²) in [4.78, 5) is 8.82. The van der Waals surface area contributed by atoms with Crippen LogP contribution in [0.5, 0.6) is 0 Å². The van der Waals surface area contributed by atoms with Crippen LogP contribution in [-0.2, 0) is 13.0 Å². The molecule has 2 aromatic heterocycles. The highest BCUT2D eigenvalue weighted by Gasteiger charge is 2.21. The van der Waals surface area contributed by atoms with Crippen molar-refractivity contribution >= 4 is 0 Å². The number of nitrogens with two attached hydrogens (primary N) is 1. The minimum absolute atomic E-state index is 0.545. The second-order valence-electron chi connectivity index (χ2n) is 4.38. The molecule has 3 heterocycles. The highest BCUT2D eigenvalue weighted by molar-refractivity contribution is 5.47. The Morgan fingerprint density at radius 3 is 3.12 bits per heavy atom. The quantitative estimate of drug-likeness (QED) is 0.829. The van der Waals surface area contributed by atoms with Crippen molar-refractivity contribution in [2.45, 2.75) is 19.4 Å². The molecule has 0 radical (unpaired) electrons. The van der Waals surface area contributed by atoms with Crippen molar-refractivity contribution in [1.82, 2.24) is 19.7 Å². The van der Waals surface area contributed by atoms with Crippen LogP contribution in [0.25, 0.3) is 11.5 Å². The fourth-order valence-electron chi connectivity index (χ4n) is 2.17. The zero-order chi connectivity index (χ0) is 11.7. The molecule has 0 spiro atoms. The van der Waals surface area contributed by atoms with E-state index in [4.69, 9.17) is 5.73 Å². The maximum Gasteiger partial charge on any atom is 0.200 e. The summed E-state index contributed by atoms with van der Waals surface area (Å²) in [6.45, 7) is 1.64. The summed E-state index contributed by atoms with van der Waals surface area (Å²) in [5.74, 6) is 2.30. The van der Waals surface area contributed by atoms with Crippen molar-refractivity contribution in [3.8, 4) is 11.5 Å². The van der Waals surface area contributed by atoms with Gasteiger partial charge in [-0.05, 0) is 31.0 Å². The van der Waals surface area contributed by atoms with Gasteiger partial charge in [-0.3, -0.25) is 4.98 Å². The van der Waals surface area contributed by atoms with Crippen LogP contribution in [0.15, 0.2) is 24.4 Å². The van der Waals surface area contributed by atoms with Crippen LogP contribution >= 0.6 is 0 Å². The molecule has 5 nitrogen and oxygen atoms in total. The van der Waals surface area contributed by atoms with Gasteiger partial charge in [0.05, 0.1) is 0 Å². The normalized spacial score (nSPS) is 19.0. The Balaban J connectivity index is 1.93. The number of hydrogen-bond donors (Lipinski definition) is 1. The van der Waals surface area contributed by atoms with E-state index in [0.717, 1.165) is 43.3 Å². The summed E-state index contributed by atoms with van der Waals surface area (Å²) in [6.07, 6.45) is 3.78. The van der Waals surface area contributed by atoms with Crippen LogP contribution in [0, 0.1) is 5.92 Å². The first-order chi connectivity index (χ1) is 8.36. The van der Waals surface area contributed by atoms with E-state index in [1.807, 2.05) is 22.9 Å². The number of fused-ring (bicyclic) bond motifs is 1. The lowest BCUT2D eigenvalue weighted by atomic mass is 9.99. The topological polar surface area (TPSA) is 69.6 Å². The molecule has 1 unspecified atom stereocenters. The monoisotopic (exact) mass is 229 g/mol. The molecule has 88 valence electrons. The number of pyridine rings is 1. The summed E-state index contributed by atoms with van der Waals surface area (Å²) >= 11 is 0. The van der Waals surface area contributed by atoms with Gasteiger partial charge in [-0.25, -0.2) is 9.67 Å². The fraction of sp³-hybridized carbons (Fsp3) is 0.417. The van der Waals surface area contributed by atoms with Crippen LogP contribution in [0.4, 0.5) is 0 Å². The SMILES string of the molecule is NCC1CCn2nc(-c3ccccn3)nc2C1. The second-order valence-corrected chi connectivity index (χ2v) is 4.38. The molecule has 1 atom stereocenters. The van der Waals surface area contributed by atoms with Crippen molar-refractivity contribution in [3.63, 3.8) is 0 Å². The Labute approximate surface area is 99.7 Å². The van der Waals surface area contributed by atoms with Crippen LogP contribution in [0.1, 0.15) is 12.2 Å². The summed E-state index contributed by atoms with van der Waals surface area (Å²) < 4.78 is 1.98. The standard InChI is InChI=1S/C12H15N5/c13-8-9-4-6-17-11(7-9)15-12(16-17)10-3-1-2-5-14-10/h1-3,5,9H,4,6-8,13H2. The minimum Gasteiger partial charge on any atom is -0.330 e. The van der Waals surface area contributed by atoms with Crippen molar-refractivity contribution in [2.75, 3.05) is 6.54 Å². The number of aryl methyl sites for hydroxylation is 1. The molecular weight excluding hydrogens is 214 g/mol. The number of hydrogen-bond acceptors (Lipinski definition) is 4. The van der Waals surface area contributed by atoms with Crippen molar-refractivity contribution in [2.24, 2.45) is 11.7 Å². The average molecular weight is 229 g/mol. The molecule has 2 N–H and O–H groups in total. The van der Waals surface area contributed by atoms with Gasteiger partial charge >= 0.3 is 0 Å². The van der Waals surface area contributed by atoms with Crippen LogP contribution in [0.2, 0.25) is 0 Å². The Morgan fingerprint density at radius 1 is 1.41 bits per heavy atom. The number of rotatable bonds is 2. The first-order valence-corrected chi connectivity index (χ1v) is 5.92. The highest BCUT2D eigenvalue weighted by atomic mass is 15.4. The third-order valence-electron chi connectivity index (χ3n) is 3.20. The van der Waals surface area contributed by atoms with Crippen molar-refractivity contribution in [1.29, 1.82) is 0 Å². The van der Waals surface area contributed by atoms with Gasteiger partial charge in [-0.1, -0.05) is 6.07 Å². The van der Waals surface area contributed by atoms with Crippen molar-refractivity contribution < 1.29 is 0 Å². The van der Waals surface area contributed by atoms with Crippen LogP contribution < -0.4 is 5.73 Å². The van der Waals surface area contributed by atoms with E-state index in [2.05, 4.69) is 15.1 Å². The molecule has 1 aliphatic heterocycles. The molecule has 0 saturated heterocycles. The fourth-order valence-corrected chi connectivity index (χ4v) is 2.17. The van der Waals surface area contributed by atoms with Gasteiger partial charge < -0.3 is 5.73 Å². The first kappa shape index (κ1) is 10.4. The number of nitrogens with zero attached hydrogens (tertiary/aromatic N) is 4. The van der Waals surface area contributed by atoms with E-state index in [1.165, 1.54) is 0 Å². The molecule has 0 amide bonds. The van der Waals surface area contributed by atoms with Gasteiger partial charge in [0, 0.05) is 19.2 Å². The van der Waals surface area contributed by atoms with E-state index in [1.54, 1.807) is 6.20 Å². The van der Waals surface area contributed by atoms with E-state index >= 15 is 0 Å². The predicted molar refractivity (Wildman–Crippen MR) is 64.1 cm³/mol. The summed E-state index contributed by atoms with van der Waals surface area (Å²) in [5, 5.41) is 4.49. The third kappa shape index (κ3) is 1.93. The van der Waals surface area contributed by atoms with E-state index in [9.17, 15) is 0 Å². The smallest absolute Gasteiger partial charge is 0.200 e. The molecular formula is C12H15N5. The Kier molecular flexibility index (Phi) is 2.60. The molecule has 2 aromatic rings. The maximum atomic E-state index is 5.71. The minimum atomic E-state index is 0.545. The molecule has 3 rings (SSSR count). The van der Waals surface area contributed by atoms with Crippen LogP contribution in [0.3, 0.4) is 0 Å². The lowest BCUT2D eigenvalue weighted by Gasteiger charge is -2.19. The van der Waals surface area contributed by atoms with Gasteiger partial charge in [-0.2, -0.15) is 0 Å². The van der Waals surface area contributed by atoms with Gasteiger partial charge in [0.25, 0.3) is 0 Å². The maximum absolute atomic E-state index is 5.71. The molecule has 0 saturated carbocycles. The van der Waals surface area contributed by atoms with Gasteiger partial charge in [-0.15, -0.1) is 5.10 Å². The lowest BCUT2D eigenvalue weighted by molar-refractivity contribution is 0.369. The van der Waals surface area contributed by atoms with Gasteiger partial charge in [0.15, 0.2) is 5.82 Å². The molecule has 0 bridgehead atoms. The van der Waals surface area contributed by atoms with E-state index in [0.29, 0.717) is 5.92 Å². The Bertz CT molecular complexity index is 505. The number of aromatic nitrogens is 4. The largest absolute Gasteiger partial charge is 0.330 e. The predicted octanol–water partition coefficient (Wildman–Crippen LogP) is 0.861.